The lowest BCUT2D eigenvalue weighted by Gasteiger charge is -2.21. The molecular weight excluding hydrogens is 248 g/mol. The van der Waals surface area contributed by atoms with E-state index in [1.54, 1.807) is 0 Å². The van der Waals surface area contributed by atoms with Gasteiger partial charge >= 0.3 is 0 Å². The monoisotopic (exact) mass is 268 g/mol. The number of hydrogen-bond acceptors (Lipinski definition) is 1. The van der Waals surface area contributed by atoms with Crippen LogP contribution in [0.4, 0.5) is 5.69 Å². The molecule has 3 rings (SSSR count). The zero-order valence-corrected chi connectivity index (χ0v) is 11.6. The van der Waals surface area contributed by atoms with E-state index in [1.165, 1.54) is 19.3 Å². The number of carbonyl (C=O) groups excluding carboxylic acids is 1. The molecule has 1 aromatic carbocycles. The molecule has 3 nitrogen and oxygen atoms in total. The highest BCUT2D eigenvalue weighted by Gasteiger charge is 2.21. The van der Waals surface area contributed by atoms with E-state index in [-0.39, 0.29) is 11.8 Å². The lowest BCUT2D eigenvalue weighted by molar-refractivity contribution is -0.120. The van der Waals surface area contributed by atoms with Crippen LogP contribution in [-0.2, 0) is 4.79 Å². The molecule has 1 heterocycles. The maximum Gasteiger partial charge on any atom is 0.227 e. The van der Waals surface area contributed by atoms with Crippen LogP contribution in [0.15, 0.2) is 48.8 Å². The minimum absolute atomic E-state index is 0.171. The van der Waals surface area contributed by atoms with Crippen LogP contribution in [0.3, 0.4) is 0 Å². The molecule has 0 unspecified atom stereocenters. The van der Waals surface area contributed by atoms with E-state index in [4.69, 9.17) is 0 Å². The molecule has 1 amide bonds. The summed E-state index contributed by atoms with van der Waals surface area (Å²) in [7, 11) is 0. The summed E-state index contributed by atoms with van der Waals surface area (Å²) in [6, 6.07) is 11.9. The second-order valence-electron chi connectivity index (χ2n) is 5.43. The predicted molar refractivity (Wildman–Crippen MR) is 81.0 cm³/mol. The number of hydrogen-bond donors (Lipinski definition) is 1. The maximum atomic E-state index is 12.4. The second kappa shape index (κ2) is 5.95. The summed E-state index contributed by atoms with van der Waals surface area (Å²) in [5, 5.41) is 3.11. The molecule has 0 saturated heterocycles. The number of rotatable bonds is 3. The van der Waals surface area contributed by atoms with Gasteiger partial charge in [0, 0.05) is 18.3 Å². The Morgan fingerprint density at radius 1 is 1.00 bits per heavy atom. The van der Waals surface area contributed by atoms with Crippen LogP contribution in [0.1, 0.15) is 32.1 Å². The molecule has 104 valence electrons. The number of carbonyl (C=O) groups is 1. The molecule has 3 heteroatoms. The van der Waals surface area contributed by atoms with Crippen LogP contribution in [0.25, 0.3) is 5.69 Å². The standard InChI is InChI=1S/C17H20N2O/c20-17(14-8-2-1-3-9-14)18-15-10-4-5-11-16(15)19-12-6-7-13-19/h4-7,10-14H,1-3,8-9H2,(H,18,20). The molecule has 1 saturated carbocycles. The normalized spacial score (nSPS) is 16.0. The van der Waals surface area contributed by atoms with Crippen molar-refractivity contribution in [1.82, 2.24) is 4.57 Å². The highest BCUT2D eigenvalue weighted by atomic mass is 16.1. The fraction of sp³-hybridized carbons (Fsp3) is 0.353. The molecule has 0 radical (unpaired) electrons. The van der Waals surface area contributed by atoms with E-state index in [2.05, 4.69) is 5.32 Å². The van der Waals surface area contributed by atoms with Crippen molar-refractivity contribution in [3.63, 3.8) is 0 Å². The van der Waals surface area contributed by atoms with E-state index in [0.717, 1.165) is 24.2 Å². The molecule has 0 bridgehead atoms. The van der Waals surface area contributed by atoms with E-state index >= 15 is 0 Å². The van der Waals surface area contributed by atoms with Gasteiger partial charge in [-0.25, -0.2) is 0 Å². The first-order valence-corrected chi connectivity index (χ1v) is 7.38. The predicted octanol–water partition coefficient (Wildman–Crippen LogP) is 4.00. The number of nitrogens with one attached hydrogen (secondary N) is 1. The van der Waals surface area contributed by atoms with E-state index in [9.17, 15) is 4.79 Å². The van der Waals surface area contributed by atoms with Crippen molar-refractivity contribution < 1.29 is 4.79 Å². The van der Waals surface area contributed by atoms with Gasteiger partial charge < -0.3 is 9.88 Å². The molecule has 0 spiro atoms. The largest absolute Gasteiger partial charge is 0.324 e. The average molecular weight is 268 g/mol. The van der Waals surface area contributed by atoms with Crippen molar-refractivity contribution >= 4 is 11.6 Å². The van der Waals surface area contributed by atoms with Gasteiger partial charge in [-0.1, -0.05) is 31.4 Å². The SMILES string of the molecule is O=C(Nc1ccccc1-n1cccc1)C1CCCCC1. The first-order chi connectivity index (χ1) is 9.84. The zero-order valence-electron chi connectivity index (χ0n) is 11.6. The number of benzene rings is 1. The third-order valence-electron chi connectivity index (χ3n) is 4.02. The van der Waals surface area contributed by atoms with Gasteiger partial charge in [0.25, 0.3) is 0 Å². The summed E-state index contributed by atoms with van der Waals surface area (Å²) < 4.78 is 2.02. The number of aromatic nitrogens is 1. The highest BCUT2D eigenvalue weighted by Crippen LogP contribution is 2.26. The van der Waals surface area contributed by atoms with Gasteiger partial charge in [0.2, 0.25) is 5.91 Å². The number of para-hydroxylation sites is 2. The molecule has 20 heavy (non-hydrogen) atoms. The third-order valence-corrected chi connectivity index (χ3v) is 4.02. The molecule has 0 aliphatic heterocycles. The van der Waals surface area contributed by atoms with E-state index in [1.807, 2.05) is 53.4 Å². The molecule has 1 aliphatic rings. The van der Waals surface area contributed by atoms with Crippen molar-refractivity contribution in [3.05, 3.63) is 48.8 Å². The molecule has 1 N–H and O–H groups in total. The Morgan fingerprint density at radius 2 is 1.70 bits per heavy atom. The van der Waals surface area contributed by atoms with Crippen molar-refractivity contribution in [2.45, 2.75) is 32.1 Å². The van der Waals surface area contributed by atoms with Gasteiger partial charge in [0.15, 0.2) is 0 Å². The topological polar surface area (TPSA) is 34.0 Å². The summed E-state index contributed by atoms with van der Waals surface area (Å²) >= 11 is 0. The molecular formula is C17H20N2O. The molecule has 1 aliphatic carbocycles. The lowest BCUT2D eigenvalue weighted by Crippen LogP contribution is -2.25. The summed E-state index contributed by atoms with van der Waals surface area (Å²) in [5.74, 6) is 0.353. The van der Waals surface area contributed by atoms with Crippen molar-refractivity contribution in [1.29, 1.82) is 0 Å². The quantitative estimate of drug-likeness (QED) is 0.897. The highest BCUT2D eigenvalue weighted by molar-refractivity contribution is 5.94. The minimum atomic E-state index is 0.171. The fourth-order valence-corrected chi connectivity index (χ4v) is 2.90. The van der Waals surface area contributed by atoms with Crippen LogP contribution in [0.5, 0.6) is 0 Å². The maximum absolute atomic E-state index is 12.4. The van der Waals surface area contributed by atoms with Crippen LogP contribution in [0.2, 0.25) is 0 Å². The molecule has 0 atom stereocenters. The first kappa shape index (κ1) is 13.0. The Kier molecular flexibility index (Phi) is 3.86. The van der Waals surface area contributed by atoms with Gasteiger partial charge in [-0.2, -0.15) is 0 Å². The summed E-state index contributed by atoms with van der Waals surface area (Å²) in [6.07, 6.45) is 9.66. The number of anilines is 1. The second-order valence-corrected chi connectivity index (χ2v) is 5.43. The van der Waals surface area contributed by atoms with Crippen LogP contribution in [0, 0.1) is 5.92 Å². The van der Waals surface area contributed by atoms with E-state index in [0.29, 0.717) is 0 Å². The van der Waals surface area contributed by atoms with Gasteiger partial charge in [-0.15, -0.1) is 0 Å². The number of amides is 1. The summed E-state index contributed by atoms with van der Waals surface area (Å²) in [5.41, 5.74) is 1.90. The van der Waals surface area contributed by atoms with Crippen molar-refractivity contribution in [2.75, 3.05) is 5.32 Å². The van der Waals surface area contributed by atoms with Gasteiger partial charge in [-0.05, 0) is 37.1 Å². The lowest BCUT2D eigenvalue weighted by atomic mass is 9.88. The Labute approximate surface area is 119 Å². The molecule has 1 fully saturated rings. The molecule has 1 aromatic heterocycles. The first-order valence-electron chi connectivity index (χ1n) is 7.38. The Balaban J connectivity index is 1.79. The molecule has 2 aromatic rings. The third kappa shape index (κ3) is 2.77. The van der Waals surface area contributed by atoms with Crippen LogP contribution >= 0.6 is 0 Å². The Hall–Kier alpha value is -2.03. The van der Waals surface area contributed by atoms with Crippen molar-refractivity contribution in [3.8, 4) is 5.69 Å². The number of nitrogens with zero attached hydrogens (tertiary/aromatic N) is 1. The van der Waals surface area contributed by atoms with Gasteiger partial charge in [0.05, 0.1) is 11.4 Å². The van der Waals surface area contributed by atoms with Crippen LogP contribution < -0.4 is 5.32 Å². The Morgan fingerprint density at radius 3 is 2.45 bits per heavy atom. The van der Waals surface area contributed by atoms with Gasteiger partial charge in [-0.3, -0.25) is 4.79 Å². The minimum Gasteiger partial charge on any atom is -0.324 e. The van der Waals surface area contributed by atoms with Crippen molar-refractivity contribution in [2.24, 2.45) is 5.92 Å². The Bertz CT molecular complexity index is 568. The fourth-order valence-electron chi connectivity index (χ4n) is 2.90. The van der Waals surface area contributed by atoms with Gasteiger partial charge in [0.1, 0.15) is 0 Å². The summed E-state index contributed by atoms with van der Waals surface area (Å²) in [6.45, 7) is 0. The van der Waals surface area contributed by atoms with Crippen LogP contribution in [-0.4, -0.2) is 10.5 Å². The smallest absolute Gasteiger partial charge is 0.227 e. The average Bonchev–Trinajstić information content (AvgIpc) is 3.03. The van der Waals surface area contributed by atoms with E-state index < -0.39 is 0 Å². The summed E-state index contributed by atoms with van der Waals surface area (Å²) in [4.78, 5) is 12.4. The zero-order chi connectivity index (χ0) is 13.8.